The molecule has 2 atom stereocenters. The van der Waals surface area contributed by atoms with Gasteiger partial charge in [-0.25, -0.2) is 9.37 Å². The predicted octanol–water partition coefficient (Wildman–Crippen LogP) is 3.24. The molecule has 0 bridgehead atoms. The summed E-state index contributed by atoms with van der Waals surface area (Å²) in [4.78, 5) is 18.8. The van der Waals surface area contributed by atoms with E-state index in [1.165, 1.54) is 17.0 Å². The van der Waals surface area contributed by atoms with Crippen LogP contribution in [-0.2, 0) is 6.54 Å². The van der Waals surface area contributed by atoms with Gasteiger partial charge in [0.1, 0.15) is 11.6 Å². The van der Waals surface area contributed by atoms with Crippen molar-refractivity contribution in [1.82, 2.24) is 14.5 Å². The van der Waals surface area contributed by atoms with Crippen molar-refractivity contribution in [2.24, 2.45) is 0 Å². The van der Waals surface area contributed by atoms with Crippen molar-refractivity contribution in [3.8, 4) is 11.4 Å². The lowest BCUT2D eigenvalue weighted by Gasteiger charge is -2.19. The molecule has 29 heavy (non-hydrogen) atoms. The fourth-order valence-electron chi connectivity index (χ4n) is 3.29. The Kier molecular flexibility index (Phi) is 7.93. The maximum Gasteiger partial charge on any atom is 0.273 e. The summed E-state index contributed by atoms with van der Waals surface area (Å²) in [6.45, 7) is 8.03. The Hall–Kier alpha value is -2.25. The summed E-state index contributed by atoms with van der Waals surface area (Å²) in [6.07, 6.45) is -0.397. The molecular formula is C22H31FN3O3. The molecule has 0 saturated heterocycles. The number of aromatic nitrogens is 2. The predicted molar refractivity (Wildman–Crippen MR) is 111 cm³/mol. The molecule has 0 fully saturated rings. The van der Waals surface area contributed by atoms with Crippen LogP contribution in [0.15, 0.2) is 24.3 Å². The van der Waals surface area contributed by atoms with Gasteiger partial charge in [-0.1, -0.05) is 20.8 Å². The van der Waals surface area contributed by atoms with Gasteiger partial charge in [-0.05, 0) is 49.4 Å². The second kappa shape index (κ2) is 9.98. The Morgan fingerprint density at radius 3 is 2.34 bits per heavy atom. The van der Waals surface area contributed by atoms with E-state index >= 15 is 0 Å². The molecule has 6 nitrogen and oxygen atoms in total. The minimum absolute atomic E-state index is 0.0122. The SMILES string of the molecule is [CH2]CC(O)CC(O)CCn1c(-c2ccc(F)cc2)nc(C(=O)N(C)C)c1C(C)C. The fraction of sp³-hybridized carbons (Fsp3) is 0.500. The summed E-state index contributed by atoms with van der Waals surface area (Å²) >= 11 is 0. The molecule has 2 unspecified atom stereocenters. The number of aliphatic hydroxyl groups excluding tert-OH is 2. The van der Waals surface area contributed by atoms with Crippen LogP contribution in [0.4, 0.5) is 4.39 Å². The average molecular weight is 405 g/mol. The maximum atomic E-state index is 13.4. The molecule has 0 saturated carbocycles. The molecule has 0 aliphatic rings. The highest BCUT2D eigenvalue weighted by molar-refractivity contribution is 5.94. The zero-order valence-electron chi connectivity index (χ0n) is 17.6. The van der Waals surface area contributed by atoms with Crippen molar-refractivity contribution in [2.45, 2.75) is 57.8 Å². The monoisotopic (exact) mass is 404 g/mol. The average Bonchev–Trinajstić information content (AvgIpc) is 3.05. The molecule has 7 heteroatoms. The van der Waals surface area contributed by atoms with Crippen LogP contribution in [0.1, 0.15) is 55.2 Å². The number of carbonyl (C=O) groups is 1. The summed E-state index contributed by atoms with van der Waals surface area (Å²) in [6, 6.07) is 5.98. The third-order valence-corrected chi connectivity index (χ3v) is 4.83. The zero-order chi connectivity index (χ0) is 21.7. The number of amides is 1. The molecule has 2 aromatic rings. The van der Waals surface area contributed by atoms with Gasteiger partial charge in [-0.2, -0.15) is 0 Å². The van der Waals surface area contributed by atoms with E-state index in [0.29, 0.717) is 36.5 Å². The second-order valence-electron chi connectivity index (χ2n) is 7.80. The number of nitrogens with zero attached hydrogens (tertiary/aromatic N) is 3. The van der Waals surface area contributed by atoms with E-state index in [0.717, 1.165) is 5.69 Å². The van der Waals surface area contributed by atoms with Crippen LogP contribution < -0.4 is 0 Å². The Labute approximate surface area is 172 Å². The standard InChI is InChI=1S/C22H31FN3O3/c1-6-17(27)13-18(28)11-12-26-20(14(2)3)19(22(29)25(4)5)24-21(26)15-7-9-16(23)10-8-15/h7-10,14,17-18,27-28H,1,6,11-13H2,2-5H3. The van der Waals surface area contributed by atoms with Crippen LogP contribution in [0.5, 0.6) is 0 Å². The number of hydrogen-bond donors (Lipinski definition) is 2. The third-order valence-electron chi connectivity index (χ3n) is 4.83. The van der Waals surface area contributed by atoms with Gasteiger partial charge in [0, 0.05) is 26.2 Å². The van der Waals surface area contributed by atoms with Crippen molar-refractivity contribution >= 4 is 5.91 Å². The van der Waals surface area contributed by atoms with Crippen molar-refractivity contribution < 1.29 is 19.4 Å². The number of hydrogen-bond acceptors (Lipinski definition) is 4. The second-order valence-corrected chi connectivity index (χ2v) is 7.80. The van der Waals surface area contributed by atoms with Crippen molar-refractivity contribution in [3.05, 3.63) is 48.4 Å². The molecule has 2 rings (SSSR count). The smallest absolute Gasteiger partial charge is 0.273 e. The number of carbonyl (C=O) groups excluding carboxylic acids is 1. The molecule has 159 valence electrons. The number of aliphatic hydroxyl groups is 2. The lowest BCUT2D eigenvalue weighted by molar-refractivity contribution is 0.0742. The summed E-state index contributed by atoms with van der Waals surface area (Å²) in [5.74, 6) is 0.0175. The Morgan fingerprint density at radius 1 is 1.21 bits per heavy atom. The lowest BCUT2D eigenvalue weighted by Crippen LogP contribution is -2.24. The van der Waals surface area contributed by atoms with E-state index in [1.807, 2.05) is 18.4 Å². The van der Waals surface area contributed by atoms with Crippen LogP contribution in [0.2, 0.25) is 0 Å². The van der Waals surface area contributed by atoms with Gasteiger partial charge in [-0.3, -0.25) is 4.79 Å². The molecule has 2 N–H and O–H groups in total. The molecule has 1 aromatic heterocycles. The van der Waals surface area contributed by atoms with E-state index in [-0.39, 0.29) is 24.1 Å². The van der Waals surface area contributed by atoms with Crippen molar-refractivity contribution in [1.29, 1.82) is 0 Å². The normalized spacial score (nSPS) is 13.6. The van der Waals surface area contributed by atoms with Crippen LogP contribution in [0.3, 0.4) is 0 Å². The number of imidazole rings is 1. The van der Waals surface area contributed by atoms with Crippen LogP contribution in [0.25, 0.3) is 11.4 Å². The lowest BCUT2D eigenvalue weighted by atomic mass is 10.1. The van der Waals surface area contributed by atoms with E-state index in [1.54, 1.807) is 26.2 Å². The molecular weight excluding hydrogens is 373 g/mol. The Morgan fingerprint density at radius 2 is 1.83 bits per heavy atom. The summed E-state index contributed by atoms with van der Waals surface area (Å²) in [5.41, 5.74) is 1.82. The largest absolute Gasteiger partial charge is 0.393 e. The molecule has 0 aliphatic heterocycles. The topological polar surface area (TPSA) is 78.6 Å². The molecule has 1 heterocycles. The number of halogens is 1. The summed E-state index contributed by atoms with van der Waals surface area (Å²) in [5, 5.41) is 20.0. The van der Waals surface area contributed by atoms with E-state index in [2.05, 4.69) is 11.9 Å². The Bertz CT molecular complexity index is 815. The highest BCUT2D eigenvalue weighted by atomic mass is 19.1. The first-order chi connectivity index (χ1) is 13.6. The molecule has 1 radical (unpaired) electrons. The van der Waals surface area contributed by atoms with Gasteiger partial charge in [0.2, 0.25) is 0 Å². The van der Waals surface area contributed by atoms with E-state index in [9.17, 15) is 19.4 Å². The van der Waals surface area contributed by atoms with Crippen LogP contribution >= 0.6 is 0 Å². The third kappa shape index (κ3) is 5.64. The van der Waals surface area contributed by atoms with Crippen LogP contribution in [-0.4, -0.2) is 56.9 Å². The van der Waals surface area contributed by atoms with Gasteiger partial charge >= 0.3 is 0 Å². The highest BCUT2D eigenvalue weighted by Crippen LogP contribution is 2.29. The van der Waals surface area contributed by atoms with Gasteiger partial charge in [0.05, 0.1) is 17.9 Å². The zero-order valence-corrected chi connectivity index (χ0v) is 17.6. The first-order valence-electron chi connectivity index (χ1n) is 9.89. The quantitative estimate of drug-likeness (QED) is 0.673. The van der Waals surface area contributed by atoms with Gasteiger partial charge < -0.3 is 19.7 Å². The maximum absolute atomic E-state index is 13.4. The van der Waals surface area contributed by atoms with Gasteiger partial charge in [0.25, 0.3) is 5.91 Å². The highest BCUT2D eigenvalue weighted by Gasteiger charge is 2.26. The Balaban J connectivity index is 2.49. The minimum atomic E-state index is -0.705. The molecule has 0 spiro atoms. The first-order valence-corrected chi connectivity index (χ1v) is 9.89. The van der Waals surface area contributed by atoms with Crippen molar-refractivity contribution in [3.63, 3.8) is 0 Å². The number of benzene rings is 1. The number of rotatable bonds is 9. The van der Waals surface area contributed by atoms with E-state index in [4.69, 9.17) is 0 Å². The first kappa shape index (κ1) is 23.0. The minimum Gasteiger partial charge on any atom is -0.393 e. The van der Waals surface area contributed by atoms with Crippen molar-refractivity contribution in [2.75, 3.05) is 14.1 Å². The van der Waals surface area contributed by atoms with Gasteiger partial charge in [0.15, 0.2) is 5.69 Å². The van der Waals surface area contributed by atoms with Gasteiger partial charge in [-0.15, -0.1) is 0 Å². The fourth-order valence-corrected chi connectivity index (χ4v) is 3.29. The molecule has 0 aliphatic carbocycles. The molecule has 1 amide bonds. The summed E-state index contributed by atoms with van der Waals surface area (Å²) in [7, 11) is 3.35. The van der Waals surface area contributed by atoms with E-state index < -0.39 is 12.2 Å². The molecule has 1 aromatic carbocycles. The summed E-state index contributed by atoms with van der Waals surface area (Å²) < 4.78 is 15.3. The van der Waals surface area contributed by atoms with Crippen LogP contribution in [0, 0.1) is 12.7 Å².